The van der Waals surface area contributed by atoms with Gasteiger partial charge in [0.05, 0.1) is 44.8 Å². The summed E-state index contributed by atoms with van der Waals surface area (Å²) in [5.41, 5.74) is 44.1. The van der Waals surface area contributed by atoms with Crippen LogP contribution in [0.25, 0.3) is 0 Å². The fourth-order valence-electron chi connectivity index (χ4n) is 12.6. The molecule has 129 heavy (non-hydrogen) atoms. The molecule has 38 N–H and O–H groups in total. The van der Waals surface area contributed by atoms with Crippen molar-refractivity contribution >= 4 is 124 Å². The van der Waals surface area contributed by atoms with Gasteiger partial charge in [-0.05, 0) is 147 Å². The molecule has 2 aromatic carbocycles. The van der Waals surface area contributed by atoms with Crippen LogP contribution in [0.15, 0.2) is 60.7 Å². The maximum atomic E-state index is 14.5. The number of hydrogen-bond acceptors (Lipinski definition) is 26. The van der Waals surface area contributed by atoms with Crippen molar-refractivity contribution in [2.24, 2.45) is 51.8 Å². The van der Waals surface area contributed by atoms with Gasteiger partial charge in [0.15, 0.2) is 11.9 Å². The number of hydrogen-bond donors (Lipinski definition) is 30. The van der Waals surface area contributed by atoms with Crippen LogP contribution in [0.5, 0.6) is 0 Å². The zero-order valence-corrected chi connectivity index (χ0v) is 73.1. The molecule has 1 aliphatic carbocycles. The Balaban J connectivity index is 1.78. The van der Waals surface area contributed by atoms with E-state index in [4.69, 9.17) is 56.7 Å². The molecule has 0 heterocycles. The Labute approximate surface area is 745 Å². The van der Waals surface area contributed by atoms with Crippen LogP contribution in [-0.2, 0) is 104 Å². The molecule has 3 rings (SSSR count). The van der Waals surface area contributed by atoms with Gasteiger partial charge >= 0.3 is 0 Å². The second-order valence-electron chi connectivity index (χ2n) is 31.5. The van der Waals surface area contributed by atoms with Gasteiger partial charge in [-0.1, -0.05) is 74.5 Å². The van der Waals surface area contributed by atoms with Crippen LogP contribution >= 0.6 is 0 Å². The SMILES string of the molecule is CC(C)C[C@H](NC(=O)[C@H](CCCCN)NC(=O)[C@H](CCCNC(=N)N)NC(=O)[C@H](C)NC(=O)[C@H](CO)NC(=O)[C@H](CCCCN)NC(=O)[C@H](CCCNC(=N)N)NC(=O)C1(NC(=O)CNC(=O)[C@@H](NC(=O)[C@H](Cc2ccccc2)NC(=O)CNC(=O)CNC(=O)[C@@H](N)Cc2ccccc2)[C@@H](C)O)CC1)C(=O)N[C@@H](C)C(=O)N[C@@H](CC(N)=O)C(=O)N[C@@H](CCC(N)=O)C(N)=O. The lowest BCUT2D eigenvalue weighted by atomic mass is 10.0. The number of rotatable bonds is 62. The summed E-state index contributed by atoms with van der Waals surface area (Å²) in [6.07, 6.45) is -2.60. The van der Waals surface area contributed by atoms with Crippen LogP contribution in [0.1, 0.15) is 148 Å². The molecule has 2 aromatic rings. The monoisotopic (exact) mass is 1820 g/mol. The molecular weight excluding hydrogens is 1690 g/mol. The molecule has 49 heteroatoms. The molecule has 0 unspecified atom stereocenters. The van der Waals surface area contributed by atoms with Gasteiger partial charge in [-0.15, -0.1) is 0 Å². The maximum Gasteiger partial charge on any atom is 0.246 e. The van der Waals surface area contributed by atoms with Crippen molar-refractivity contribution in [3.05, 3.63) is 71.8 Å². The molecule has 1 aliphatic rings. The quantitative estimate of drug-likeness (QED) is 0.0166. The van der Waals surface area contributed by atoms with E-state index in [2.05, 4.69) is 95.7 Å². The van der Waals surface area contributed by atoms with E-state index < -0.39 is 247 Å². The number of nitrogens with two attached hydrogens (primary N) is 8. The first kappa shape index (κ1) is 110. The van der Waals surface area contributed by atoms with Crippen molar-refractivity contribution in [2.45, 2.75) is 240 Å². The highest BCUT2D eigenvalue weighted by Crippen LogP contribution is 2.36. The highest BCUT2D eigenvalue weighted by atomic mass is 16.3. The number of primary amides is 3. The number of carbonyl (C=O) groups is 19. The average molecular weight is 1820 g/mol. The van der Waals surface area contributed by atoms with E-state index in [1.54, 1.807) is 74.5 Å². The minimum atomic E-state index is -1.84. The molecule has 0 aliphatic heterocycles. The summed E-state index contributed by atoms with van der Waals surface area (Å²) in [5, 5.41) is 80.8. The molecule has 19 amide bonds. The molecule has 14 atom stereocenters. The van der Waals surface area contributed by atoms with Crippen molar-refractivity contribution in [3.63, 3.8) is 0 Å². The van der Waals surface area contributed by atoms with E-state index in [0.717, 1.165) is 12.5 Å². The average Bonchev–Trinajstić information content (AvgIpc) is 1.62. The van der Waals surface area contributed by atoms with Gasteiger partial charge in [0.25, 0.3) is 0 Å². The van der Waals surface area contributed by atoms with Gasteiger partial charge < -0.3 is 152 Å². The lowest BCUT2D eigenvalue weighted by molar-refractivity contribution is -0.136. The largest absolute Gasteiger partial charge is 0.394 e. The van der Waals surface area contributed by atoms with E-state index in [1.807, 2.05) is 0 Å². The summed E-state index contributed by atoms with van der Waals surface area (Å²) in [4.78, 5) is 256. The van der Waals surface area contributed by atoms with Crippen LogP contribution in [0.2, 0.25) is 0 Å². The normalized spacial score (nSPS) is 15.0. The zero-order chi connectivity index (χ0) is 96.6. The summed E-state index contributed by atoms with van der Waals surface area (Å²) in [6.45, 7) is 4.09. The first-order chi connectivity index (χ1) is 60.9. The Morgan fingerprint density at radius 2 is 0.798 bits per heavy atom. The minimum Gasteiger partial charge on any atom is -0.394 e. The van der Waals surface area contributed by atoms with Gasteiger partial charge in [0, 0.05) is 25.9 Å². The van der Waals surface area contributed by atoms with E-state index in [-0.39, 0.29) is 128 Å². The second-order valence-corrected chi connectivity index (χ2v) is 31.5. The number of nitrogens with one attached hydrogen (secondary N) is 20. The van der Waals surface area contributed by atoms with Crippen LogP contribution in [0.4, 0.5) is 0 Å². The van der Waals surface area contributed by atoms with Gasteiger partial charge in [0.1, 0.15) is 78.0 Å². The smallest absolute Gasteiger partial charge is 0.246 e. The fraction of sp³-hybridized carbons (Fsp3) is 0.588. The number of unbranched alkanes of at least 4 members (excludes halogenated alkanes) is 2. The van der Waals surface area contributed by atoms with Crippen LogP contribution in [0.3, 0.4) is 0 Å². The molecule has 1 fully saturated rings. The Hall–Kier alpha value is -13.3. The number of amides is 19. The van der Waals surface area contributed by atoms with Crippen molar-refractivity contribution in [2.75, 3.05) is 52.4 Å². The first-order valence-corrected chi connectivity index (χ1v) is 42.2. The fourth-order valence-corrected chi connectivity index (χ4v) is 12.6. The molecule has 0 radical (unpaired) electrons. The second kappa shape index (κ2) is 57.4. The maximum absolute atomic E-state index is 14.5. The third kappa shape index (κ3) is 42.7. The lowest BCUT2D eigenvalue weighted by Crippen LogP contribution is -2.61. The highest BCUT2D eigenvalue weighted by Gasteiger charge is 2.52. The number of aliphatic hydroxyl groups excluding tert-OH is 2. The topological polar surface area (TPSA) is 837 Å². The molecule has 1 saturated carbocycles. The van der Waals surface area contributed by atoms with Crippen molar-refractivity contribution < 1.29 is 101 Å². The van der Waals surface area contributed by atoms with Gasteiger partial charge in [-0.25, -0.2) is 0 Å². The van der Waals surface area contributed by atoms with Crippen LogP contribution < -0.4 is 142 Å². The van der Waals surface area contributed by atoms with Crippen molar-refractivity contribution in [1.82, 2.24) is 95.7 Å². The molecule has 49 nitrogen and oxygen atoms in total. The number of carbonyl (C=O) groups excluding carboxylic acids is 19. The lowest BCUT2D eigenvalue weighted by Gasteiger charge is -2.28. The summed E-state index contributed by atoms with van der Waals surface area (Å²) >= 11 is 0. The van der Waals surface area contributed by atoms with E-state index in [9.17, 15) is 101 Å². The highest BCUT2D eigenvalue weighted by molar-refractivity contribution is 6.02. The van der Waals surface area contributed by atoms with Gasteiger partial charge in [0.2, 0.25) is 112 Å². The molecule has 716 valence electrons. The van der Waals surface area contributed by atoms with Crippen LogP contribution in [0, 0.1) is 16.7 Å². The van der Waals surface area contributed by atoms with Crippen molar-refractivity contribution in [1.29, 1.82) is 10.8 Å². The number of benzene rings is 2. The Kier molecular flexibility index (Phi) is 48.9. The Bertz CT molecular complexity index is 4160. The van der Waals surface area contributed by atoms with E-state index in [1.165, 1.54) is 13.8 Å². The Morgan fingerprint density at radius 1 is 0.395 bits per heavy atom. The zero-order valence-electron chi connectivity index (χ0n) is 73.1. The minimum absolute atomic E-state index is 0.00228. The third-order valence-corrected chi connectivity index (χ3v) is 19.9. The summed E-state index contributed by atoms with van der Waals surface area (Å²) in [5.74, 6) is -19.4. The first-order valence-electron chi connectivity index (χ1n) is 42.2. The van der Waals surface area contributed by atoms with Crippen molar-refractivity contribution in [3.8, 4) is 0 Å². The summed E-state index contributed by atoms with van der Waals surface area (Å²) < 4.78 is 0. The van der Waals surface area contributed by atoms with Crippen LogP contribution in [-0.4, -0.2) is 277 Å². The molecule has 0 bridgehead atoms. The van der Waals surface area contributed by atoms with Gasteiger partial charge in [-0.2, -0.15) is 0 Å². The molecule has 0 saturated heterocycles. The third-order valence-electron chi connectivity index (χ3n) is 19.9. The molecular formula is C80H130N28O21. The summed E-state index contributed by atoms with van der Waals surface area (Å²) in [6, 6.07) is -2.40. The molecule has 0 aromatic heterocycles. The summed E-state index contributed by atoms with van der Waals surface area (Å²) in [7, 11) is 0. The molecule has 0 spiro atoms. The predicted octanol–water partition coefficient (Wildman–Crippen LogP) is -11.5. The van der Waals surface area contributed by atoms with Gasteiger partial charge in [-0.3, -0.25) is 102 Å². The number of aliphatic hydroxyl groups is 2. The Morgan fingerprint density at radius 3 is 1.25 bits per heavy atom. The predicted molar refractivity (Wildman–Crippen MR) is 466 cm³/mol. The number of guanidine groups is 2. The standard InChI is InChI=1S/C80H130N28O21/c1-42(2)34-54(72(124)96-44(4)66(118)103-56(37-59(85)112)73(125)99-49(64(86)116)26-27-58(84)111)104-69(121)50(22-12-14-30-81)101-68(120)52(24-16-32-91-78(87)88)100-65(117)43(3)97-75(127)57(41-109)105-70(122)51(23-13-15-31-82)102-71(123)53(25-17-33-92-79(89)90)106-77(129)80(28-29-80)108-62(115)40-95-76(128)63(45(5)110)107-74(126)55(36-47-20-10-7-11-21-47)98-61(114)39-93-60(113)38-94-67(119)48(83)35-46-18-8-6-9-19-46/h6-11,18-21,42-45,48-57,63,109-110H,12-17,22-41,81-83H2,1-5H3,(H2,84,111)(H2,85,112)(H2,86,116)(H,93,113)(H,94,119)(H,95,128)(H,96,124)(H,97,127)(H,98,114)(H,99,125)(H,100,117)(H,101,120)(H,102,123)(H,103,118)(H,104,121)(H,105,122)(H,106,129)(H,107,126)(H,108,115)(H4,87,88,91)(H4,89,90,92)/t43-,44-,45+,48-,49-,50-,51-,52-,53-,54-,55-,56-,57-,63-/m0/s1. The van der Waals surface area contributed by atoms with E-state index in [0.29, 0.717) is 18.4 Å². The van der Waals surface area contributed by atoms with E-state index >= 15 is 0 Å².